The molecule has 0 spiro atoms. The topological polar surface area (TPSA) is 84.5 Å². The number of esters is 1. The van der Waals surface area contributed by atoms with Crippen LogP contribution in [0.15, 0.2) is 0 Å². The first-order valence-electron chi connectivity index (χ1n) is 8.33. The molecule has 2 amide bonds. The molecule has 1 aromatic rings. The van der Waals surface area contributed by atoms with Crippen LogP contribution in [0.1, 0.15) is 71.5 Å². The van der Waals surface area contributed by atoms with Crippen LogP contribution in [0.2, 0.25) is 0 Å². The molecule has 7 heteroatoms. The lowest BCUT2D eigenvalue weighted by molar-refractivity contribution is -0.114. The number of nitrogens with one attached hydrogen (secondary N) is 2. The molecule has 1 aliphatic rings. The zero-order chi connectivity index (χ0) is 17.7. The lowest BCUT2D eigenvalue weighted by Gasteiger charge is -2.22. The maximum absolute atomic E-state index is 12.6. The highest BCUT2D eigenvalue weighted by Crippen LogP contribution is 2.34. The Morgan fingerprint density at radius 1 is 1.21 bits per heavy atom. The Morgan fingerprint density at radius 3 is 2.46 bits per heavy atom. The van der Waals surface area contributed by atoms with Crippen LogP contribution in [-0.2, 0) is 9.53 Å². The summed E-state index contributed by atoms with van der Waals surface area (Å²) in [5.74, 6) is -1.00. The monoisotopic (exact) mass is 352 g/mol. The number of hydrogen-bond acceptors (Lipinski definition) is 5. The fourth-order valence-electron chi connectivity index (χ4n) is 2.92. The molecule has 6 nitrogen and oxygen atoms in total. The summed E-state index contributed by atoms with van der Waals surface area (Å²) in [5, 5.41) is 6.05. The fourth-order valence-corrected chi connectivity index (χ4v) is 4.07. The summed E-state index contributed by atoms with van der Waals surface area (Å²) in [7, 11) is 0. The van der Waals surface area contributed by atoms with Gasteiger partial charge >= 0.3 is 5.97 Å². The van der Waals surface area contributed by atoms with E-state index in [1.807, 2.05) is 0 Å². The molecule has 2 N–H and O–H groups in total. The second-order valence-corrected chi connectivity index (χ2v) is 6.99. The molecule has 0 aliphatic heterocycles. The lowest BCUT2D eigenvalue weighted by Crippen LogP contribution is -2.36. The molecule has 1 saturated carbocycles. The van der Waals surface area contributed by atoms with Crippen molar-refractivity contribution < 1.29 is 19.1 Å². The van der Waals surface area contributed by atoms with Crippen LogP contribution in [0.25, 0.3) is 0 Å². The predicted molar refractivity (Wildman–Crippen MR) is 93.7 cm³/mol. The molecule has 0 unspecified atom stereocenters. The van der Waals surface area contributed by atoms with Gasteiger partial charge in [-0.25, -0.2) is 4.79 Å². The van der Waals surface area contributed by atoms with E-state index in [0.29, 0.717) is 15.4 Å². The van der Waals surface area contributed by atoms with Gasteiger partial charge in [0.2, 0.25) is 5.91 Å². The van der Waals surface area contributed by atoms with E-state index in [1.54, 1.807) is 13.8 Å². The third-order valence-electron chi connectivity index (χ3n) is 4.06. The van der Waals surface area contributed by atoms with Crippen molar-refractivity contribution in [3.05, 3.63) is 16.0 Å². The summed E-state index contributed by atoms with van der Waals surface area (Å²) >= 11 is 1.12. The van der Waals surface area contributed by atoms with E-state index in [4.69, 9.17) is 4.74 Å². The van der Waals surface area contributed by atoms with Crippen LogP contribution in [0.4, 0.5) is 5.00 Å². The minimum atomic E-state index is -0.522. The van der Waals surface area contributed by atoms with Crippen LogP contribution in [0.3, 0.4) is 0 Å². The van der Waals surface area contributed by atoms with E-state index >= 15 is 0 Å². The summed E-state index contributed by atoms with van der Waals surface area (Å²) in [6.07, 6.45) is 5.43. The zero-order valence-electron chi connectivity index (χ0n) is 14.4. The summed E-state index contributed by atoms with van der Waals surface area (Å²) in [6.45, 7) is 5.03. The van der Waals surface area contributed by atoms with Crippen molar-refractivity contribution in [2.45, 2.75) is 58.9 Å². The lowest BCUT2D eigenvalue weighted by atomic mass is 9.95. The van der Waals surface area contributed by atoms with E-state index in [-0.39, 0.29) is 30.0 Å². The van der Waals surface area contributed by atoms with Crippen LogP contribution in [0, 0.1) is 6.92 Å². The Hall–Kier alpha value is -1.89. The summed E-state index contributed by atoms with van der Waals surface area (Å²) < 4.78 is 5.06. The first-order valence-corrected chi connectivity index (χ1v) is 9.14. The standard InChI is InChI=1S/C17H24N2O4S/c1-4-23-17(22)13-10(2)14(24-16(13)18-11(3)20)15(21)19-12-8-6-5-7-9-12/h12H,4-9H2,1-3H3,(H,18,20)(H,19,21). The minimum absolute atomic E-state index is 0.183. The quantitative estimate of drug-likeness (QED) is 0.797. The molecule has 1 aliphatic carbocycles. The van der Waals surface area contributed by atoms with Crippen molar-refractivity contribution in [3.8, 4) is 0 Å². The van der Waals surface area contributed by atoms with Crippen molar-refractivity contribution in [2.75, 3.05) is 11.9 Å². The van der Waals surface area contributed by atoms with Gasteiger partial charge < -0.3 is 15.4 Å². The van der Waals surface area contributed by atoms with E-state index in [2.05, 4.69) is 10.6 Å². The van der Waals surface area contributed by atoms with E-state index < -0.39 is 5.97 Å². The molecular formula is C17H24N2O4S. The van der Waals surface area contributed by atoms with Gasteiger partial charge in [-0.1, -0.05) is 19.3 Å². The van der Waals surface area contributed by atoms with Crippen molar-refractivity contribution in [2.24, 2.45) is 0 Å². The van der Waals surface area contributed by atoms with Gasteiger partial charge in [0.15, 0.2) is 0 Å². The molecule has 0 aromatic carbocycles. The second-order valence-electron chi connectivity index (χ2n) is 5.97. The fraction of sp³-hybridized carbons (Fsp3) is 0.588. The summed E-state index contributed by atoms with van der Waals surface area (Å²) in [6, 6.07) is 0.183. The Bertz CT molecular complexity index is 633. The molecule has 0 bridgehead atoms. The molecule has 0 radical (unpaired) electrons. The molecule has 1 heterocycles. The molecular weight excluding hydrogens is 328 g/mol. The van der Waals surface area contributed by atoms with Crippen molar-refractivity contribution in [1.82, 2.24) is 5.32 Å². The largest absolute Gasteiger partial charge is 0.462 e. The Labute approximate surface area is 146 Å². The number of thiophene rings is 1. The van der Waals surface area contributed by atoms with Gasteiger partial charge in [-0.3, -0.25) is 9.59 Å². The number of rotatable bonds is 5. The summed E-state index contributed by atoms with van der Waals surface area (Å²) in [4.78, 5) is 36.6. The van der Waals surface area contributed by atoms with E-state index in [9.17, 15) is 14.4 Å². The highest BCUT2D eigenvalue weighted by Gasteiger charge is 2.27. The molecule has 1 fully saturated rings. The number of anilines is 1. The van der Waals surface area contributed by atoms with Crippen LogP contribution in [-0.4, -0.2) is 30.4 Å². The van der Waals surface area contributed by atoms with E-state index in [0.717, 1.165) is 37.0 Å². The number of hydrogen-bond donors (Lipinski definition) is 2. The maximum atomic E-state index is 12.6. The van der Waals surface area contributed by atoms with Gasteiger partial charge in [0.25, 0.3) is 5.91 Å². The third kappa shape index (κ3) is 4.35. The smallest absolute Gasteiger partial charge is 0.341 e. The highest BCUT2D eigenvalue weighted by atomic mass is 32.1. The number of carbonyl (C=O) groups is 3. The molecule has 132 valence electrons. The van der Waals surface area contributed by atoms with Crippen LogP contribution >= 0.6 is 11.3 Å². The molecule has 0 atom stereocenters. The van der Waals surface area contributed by atoms with Gasteiger partial charge in [-0.15, -0.1) is 11.3 Å². The van der Waals surface area contributed by atoms with Gasteiger partial charge in [-0.05, 0) is 32.3 Å². The van der Waals surface area contributed by atoms with Crippen LogP contribution in [0.5, 0.6) is 0 Å². The molecule has 24 heavy (non-hydrogen) atoms. The van der Waals surface area contributed by atoms with Gasteiger partial charge in [-0.2, -0.15) is 0 Å². The Kier molecular flexibility index (Phi) is 6.36. The van der Waals surface area contributed by atoms with Gasteiger partial charge in [0.05, 0.1) is 17.0 Å². The Balaban J connectivity index is 2.26. The molecule has 0 saturated heterocycles. The SMILES string of the molecule is CCOC(=O)c1c(NC(C)=O)sc(C(=O)NC2CCCCC2)c1C. The molecule has 1 aromatic heterocycles. The second kappa shape index (κ2) is 8.28. The minimum Gasteiger partial charge on any atom is -0.462 e. The average molecular weight is 352 g/mol. The van der Waals surface area contributed by atoms with Crippen molar-refractivity contribution in [3.63, 3.8) is 0 Å². The highest BCUT2D eigenvalue weighted by molar-refractivity contribution is 7.18. The predicted octanol–water partition coefficient (Wildman–Crippen LogP) is 3.25. The average Bonchev–Trinajstić information content (AvgIpc) is 2.84. The zero-order valence-corrected chi connectivity index (χ0v) is 15.2. The first kappa shape index (κ1) is 18.4. The van der Waals surface area contributed by atoms with Gasteiger partial charge in [0.1, 0.15) is 5.00 Å². The van der Waals surface area contributed by atoms with Crippen molar-refractivity contribution >= 4 is 34.1 Å². The first-order chi connectivity index (χ1) is 11.4. The normalized spacial score (nSPS) is 15.0. The summed E-state index contributed by atoms with van der Waals surface area (Å²) in [5.41, 5.74) is 0.821. The Morgan fingerprint density at radius 2 is 1.88 bits per heavy atom. The number of amides is 2. The van der Waals surface area contributed by atoms with Gasteiger partial charge in [0, 0.05) is 13.0 Å². The number of ether oxygens (including phenoxy) is 1. The maximum Gasteiger partial charge on any atom is 0.341 e. The molecule has 2 rings (SSSR count). The van der Waals surface area contributed by atoms with Crippen LogP contribution < -0.4 is 10.6 Å². The number of carbonyl (C=O) groups excluding carboxylic acids is 3. The van der Waals surface area contributed by atoms with E-state index in [1.165, 1.54) is 13.3 Å². The third-order valence-corrected chi connectivity index (χ3v) is 5.27. The van der Waals surface area contributed by atoms with Crippen molar-refractivity contribution in [1.29, 1.82) is 0 Å².